The summed E-state index contributed by atoms with van der Waals surface area (Å²) in [7, 11) is 3.58. The van der Waals surface area contributed by atoms with Gasteiger partial charge in [-0.05, 0) is 83.5 Å². The zero-order valence-electron chi connectivity index (χ0n) is 25.4. The standard InChI is InChI=1S/C31H51ClN4O5/c1-19(2)41-26-17-24(40-4)12-13-25(26)30-34-28(20-8-10-22(32)11-9-20)29(21-6-5-7-23(16-21)39-3)36(30)31(38)35-15-14-33-27(37)18-35/h19-26,28-29H,5-18H2,1-4H3,(H,33,37)/t20?,21?,22?,23?,24?,25?,26?,28-,29+/m0/s1. The second kappa shape index (κ2) is 13.9. The number of hydrogen-bond acceptors (Lipinski definition) is 6. The molecule has 5 rings (SSSR count). The second-order valence-electron chi connectivity index (χ2n) is 13.2. The molecule has 7 atom stereocenters. The Morgan fingerprint density at radius 1 is 0.976 bits per heavy atom. The van der Waals surface area contributed by atoms with Crippen LogP contribution in [0.25, 0.3) is 0 Å². The normalized spacial score (nSPS) is 38.6. The monoisotopic (exact) mass is 594 g/mol. The molecule has 5 aliphatic rings. The summed E-state index contributed by atoms with van der Waals surface area (Å²) in [6.45, 7) is 5.22. The van der Waals surface area contributed by atoms with Gasteiger partial charge < -0.3 is 24.4 Å². The van der Waals surface area contributed by atoms with E-state index in [0.29, 0.717) is 19.0 Å². The third kappa shape index (κ3) is 7.05. The maximum atomic E-state index is 14.6. The Hall–Kier alpha value is -1.42. The van der Waals surface area contributed by atoms with Crippen LogP contribution in [0.5, 0.6) is 0 Å². The van der Waals surface area contributed by atoms with Gasteiger partial charge in [0.25, 0.3) is 0 Å². The van der Waals surface area contributed by atoms with Crippen LogP contribution in [0.1, 0.15) is 84.5 Å². The Labute approximate surface area is 251 Å². The van der Waals surface area contributed by atoms with Gasteiger partial charge in [0.15, 0.2) is 0 Å². The molecule has 1 N–H and O–H groups in total. The molecule has 41 heavy (non-hydrogen) atoms. The van der Waals surface area contributed by atoms with E-state index in [9.17, 15) is 9.59 Å². The summed E-state index contributed by atoms with van der Waals surface area (Å²) in [5.74, 6) is 1.45. The molecule has 3 amide bonds. The van der Waals surface area contributed by atoms with Crippen molar-refractivity contribution in [3.8, 4) is 0 Å². The summed E-state index contributed by atoms with van der Waals surface area (Å²) in [4.78, 5) is 36.4. The van der Waals surface area contributed by atoms with Gasteiger partial charge in [0.05, 0.1) is 36.5 Å². The minimum Gasteiger partial charge on any atom is -0.381 e. The average Bonchev–Trinajstić information content (AvgIpc) is 3.37. The highest BCUT2D eigenvalue weighted by Gasteiger charge is 2.52. The number of carbonyl (C=O) groups is 2. The molecule has 4 fully saturated rings. The van der Waals surface area contributed by atoms with Gasteiger partial charge in [0, 0.05) is 45.0 Å². The van der Waals surface area contributed by atoms with E-state index >= 15 is 0 Å². The molecule has 2 heterocycles. The van der Waals surface area contributed by atoms with Crippen molar-refractivity contribution >= 4 is 29.4 Å². The highest BCUT2D eigenvalue weighted by atomic mass is 35.5. The van der Waals surface area contributed by atoms with Crippen LogP contribution in [0, 0.1) is 17.8 Å². The van der Waals surface area contributed by atoms with Crippen LogP contribution in [-0.2, 0) is 19.0 Å². The topological polar surface area (TPSA) is 92.7 Å². The number of halogens is 1. The molecule has 0 aromatic heterocycles. The third-order valence-electron chi connectivity index (χ3n) is 10.2. The first-order valence-corrected chi connectivity index (χ1v) is 16.5. The van der Waals surface area contributed by atoms with E-state index in [4.69, 9.17) is 30.8 Å². The van der Waals surface area contributed by atoms with Crippen LogP contribution in [0.3, 0.4) is 0 Å². The Morgan fingerprint density at radius 3 is 2.39 bits per heavy atom. The molecule has 2 aliphatic heterocycles. The van der Waals surface area contributed by atoms with Crippen molar-refractivity contribution in [3.05, 3.63) is 0 Å². The van der Waals surface area contributed by atoms with Crippen LogP contribution < -0.4 is 5.32 Å². The van der Waals surface area contributed by atoms with Gasteiger partial charge in [-0.2, -0.15) is 0 Å². The molecular formula is C31H51ClN4O5. The number of rotatable bonds is 7. The summed E-state index contributed by atoms with van der Waals surface area (Å²) >= 11 is 6.56. The van der Waals surface area contributed by atoms with Gasteiger partial charge in [-0.25, -0.2) is 4.79 Å². The van der Waals surface area contributed by atoms with E-state index in [1.165, 1.54) is 0 Å². The van der Waals surface area contributed by atoms with Gasteiger partial charge in [-0.15, -0.1) is 11.6 Å². The number of carbonyl (C=O) groups excluding carboxylic acids is 2. The van der Waals surface area contributed by atoms with Gasteiger partial charge in [-0.3, -0.25) is 14.7 Å². The van der Waals surface area contributed by atoms with Crippen molar-refractivity contribution in [2.24, 2.45) is 22.7 Å². The van der Waals surface area contributed by atoms with Crippen molar-refractivity contribution in [2.75, 3.05) is 33.9 Å². The predicted octanol–water partition coefficient (Wildman–Crippen LogP) is 4.60. The van der Waals surface area contributed by atoms with Crippen molar-refractivity contribution in [1.29, 1.82) is 0 Å². The first-order valence-electron chi connectivity index (χ1n) is 16.1. The van der Waals surface area contributed by atoms with Crippen molar-refractivity contribution in [1.82, 2.24) is 15.1 Å². The number of amidine groups is 1. The number of nitrogens with zero attached hydrogens (tertiary/aromatic N) is 3. The lowest BCUT2D eigenvalue weighted by Crippen LogP contribution is -2.60. The lowest BCUT2D eigenvalue weighted by molar-refractivity contribution is -0.123. The third-order valence-corrected chi connectivity index (χ3v) is 10.7. The lowest BCUT2D eigenvalue weighted by Gasteiger charge is -2.45. The minimum atomic E-state index is -0.102. The van der Waals surface area contributed by atoms with Crippen LogP contribution >= 0.6 is 11.6 Å². The number of piperazine rings is 1. The minimum absolute atomic E-state index is 0.00467. The Morgan fingerprint density at radius 2 is 1.71 bits per heavy atom. The Kier molecular flexibility index (Phi) is 10.5. The van der Waals surface area contributed by atoms with Gasteiger partial charge >= 0.3 is 6.03 Å². The molecule has 3 saturated carbocycles. The van der Waals surface area contributed by atoms with Crippen molar-refractivity contribution in [3.63, 3.8) is 0 Å². The molecule has 10 heteroatoms. The lowest BCUT2D eigenvalue weighted by atomic mass is 9.73. The highest BCUT2D eigenvalue weighted by molar-refractivity contribution is 6.20. The molecule has 0 aromatic rings. The van der Waals surface area contributed by atoms with Gasteiger partial charge in [-0.1, -0.05) is 6.42 Å². The van der Waals surface area contributed by atoms with E-state index in [1.807, 2.05) is 0 Å². The predicted molar refractivity (Wildman–Crippen MR) is 159 cm³/mol. The number of aliphatic imine (C=N–C) groups is 1. The number of urea groups is 1. The molecule has 0 aromatic carbocycles. The maximum absolute atomic E-state index is 14.6. The van der Waals surface area contributed by atoms with Crippen molar-refractivity contribution in [2.45, 2.75) is 126 Å². The fraction of sp³-hybridized carbons (Fsp3) is 0.903. The number of hydrogen-bond donors (Lipinski definition) is 1. The van der Waals surface area contributed by atoms with Gasteiger partial charge in [0.1, 0.15) is 12.4 Å². The highest BCUT2D eigenvalue weighted by Crippen LogP contribution is 2.45. The smallest absolute Gasteiger partial charge is 0.326 e. The SMILES string of the molecule is COC1CCC(C2=N[C@@H](C3CCC(Cl)CC3)[C@@H](C3CCCC(OC)C3)N2C(=O)N2CCNC(=O)C2)C(OC(C)C)C1. The fourth-order valence-corrected chi connectivity index (χ4v) is 8.40. The average molecular weight is 595 g/mol. The zero-order chi connectivity index (χ0) is 29.1. The molecule has 9 nitrogen and oxygen atoms in total. The maximum Gasteiger partial charge on any atom is 0.326 e. The van der Waals surface area contributed by atoms with Crippen LogP contribution in [-0.4, -0.2) is 103 Å². The molecule has 3 aliphatic carbocycles. The van der Waals surface area contributed by atoms with Crippen LogP contribution in [0.4, 0.5) is 4.79 Å². The molecule has 0 bridgehead atoms. The van der Waals surface area contributed by atoms with E-state index in [2.05, 4.69) is 24.1 Å². The Bertz CT molecular complexity index is 941. The largest absolute Gasteiger partial charge is 0.381 e. The van der Waals surface area contributed by atoms with Crippen LogP contribution in [0.2, 0.25) is 0 Å². The molecule has 0 spiro atoms. The number of ether oxygens (including phenoxy) is 3. The van der Waals surface area contributed by atoms with Crippen molar-refractivity contribution < 1.29 is 23.8 Å². The molecular weight excluding hydrogens is 544 g/mol. The molecule has 5 unspecified atom stereocenters. The quantitative estimate of drug-likeness (QED) is 0.435. The summed E-state index contributed by atoms with van der Waals surface area (Å²) in [6.07, 6.45) is 11.0. The molecule has 232 valence electrons. The molecule has 1 saturated heterocycles. The zero-order valence-corrected chi connectivity index (χ0v) is 26.2. The van der Waals surface area contributed by atoms with E-state index in [1.54, 1.807) is 19.1 Å². The number of alkyl halides is 1. The number of methoxy groups -OCH3 is 2. The number of nitrogens with one attached hydrogen (secondary N) is 1. The second-order valence-corrected chi connectivity index (χ2v) is 13.8. The van der Waals surface area contributed by atoms with Crippen LogP contribution in [0.15, 0.2) is 4.99 Å². The summed E-state index contributed by atoms with van der Waals surface area (Å²) in [6, 6.07) is -0.0943. The summed E-state index contributed by atoms with van der Waals surface area (Å²) < 4.78 is 18.2. The molecule has 0 radical (unpaired) electrons. The number of amides is 3. The Balaban J connectivity index is 1.54. The fourth-order valence-electron chi connectivity index (χ4n) is 8.15. The first-order chi connectivity index (χ1) is 19.8. The summed E-state index contributed by atoms with van der Waals surface area (Å²) in [5, 5.41) is 3.10. The first kappa shape index (κ1) is 31.0. The van der Waals surface area contributed by atoms with Gasteiger partial charge in [0.2, 0.25) is 5.91 Å². The van der Waals surface area contributed by atoms with E-state index < -0.39 is 0 Å². The van der Waals surface area contributed by atoms with E-state index in [0.717, 1.165) is 76.5 Å². The van der Waals surface area contributed by atoms with E-state index in [-0.39, 0.29) is 72.2 Å². The summed E-state index contributed by atoms with van der Waals surface area (Å²) in [5.41, 5.74) is 0.